The molecule has 0 bridgehead atoms. The zero-order chi connectivity index (χ0) is 44.5. The summed E-state index contributed by atoms with van der Waals surface area (Å²) in [5.74, 6) is 0. The second kappa shape index (κ2) is 14.4. The molecule has 3 nitrogen and oxygen atoms in total. The lowest BCUT2D eigenvalue weighted by molar-refractivity contribution is 0.669. The van der Waals surface area contributed by atoms with E-state index in [4.69, 9.17) is 4.42 Å². The Morgan fingerprint density at radius 3 is 1.71 bits per heavy atom. The quantitative estimate of drug-likeness (QED) is 0.166. The van der Waals surface area contributed by atoms with Crippen LogP contribution in [0.4, 0.5) is 34.1 Å². The first kappa shape index (κ1) is 37.9. The van der Waals surface area contributed by atoms with Gasteiger partial charge in [-0.3, -0.25) is 0 Å². The Hall–Kier alpha value is -8.22. The largest absolute Gasteiger partial charge is 0.454 e. The average Bonchev–Trinajstić information content (AvgIpc) is 4.20. The molecule has 2 aliphatic carbocycles. The summed E-state index contributed by atoms with van der Waals surface area (Å²) in [4.78, 5) is 6.21. The molecule has 13 aromatic rings. The number of furan rings is 1. The van der Waals surface area contributed by atoms with Crippen molar-refractivity contribution in [2.24, 2.45) is 0 Å². The Kier molecular flexibility index (Phi) is 8.03. The summed E-state index contributed by atoms with van der Waals surface area (Å²) in [5, 5.41) is 6.09. The number of para-hydroxylation sites is 4. The van der Waals surface area contributed by atoms with Crippen molar-refractivity contribution in [3.8, 4) is 22.3 Å². The van der Waals surface area contributed by atoms with Crippen LogP contribution in [0.15, 0.2) is 235 Å². The maximum atomic E-state index is 6.78. The SMILES string of the molecule is c1ccc(N(c2ccc3c(c2)C2(c4ccccc4-3)c3cc(N(c4ccccc4)c4cccc5c4oc4ccccc45)ccc3-c3c2sc2ccccc32)c2ccc3sc4ccccc4c3c2)cc1. The topological polar surface area (TPSA) is 19.6 Å². The molecule has 1 unspecified atom stereocenters. The van der Waals surface area contributed by atoms with Crippen molar-refractivity contribution in [3.63, 3.8) is 0 Å². The van der Waals surface area contributed by atoms with Gasteiger partial charge >= 0.3 is 0 Å². The van der Waals surface area contributed by atoms with Gasteiger partial charge < -0.3 is 14.2 Å². The maximum Gasteiger partial charge on any atom is 0.159 e. The van der Waals surface area contributed by atoms with Gasteiger partial charge in [-0.05, 0) is 124 Å². The molecule has 318 valence electrons. The van der Waals surface area contributed by atoms with Crippen LogP contribution < -0.4 is 9.80 Å². The minimum absolute atomic E-state index is 0.601. The lowest BCUT2D eigenvalue weighted by Gasteiger charge is -2.32. The number of fused-ring (bicyclic) bond motifs is 18. The molecule has 5 heteroatoms. The Bertz CT molecular complexity index is 4180. The molecule has 1 spiro atoms. The third-order valence-electron chi connectivity index (χ3n) is 14.4. The van der Waals surface area contributed by atoms with Crippen molar-refractivity contribution >= 4 is 109 Å². The number of benzene rings is 10. The summed E-state index contributed by atoms with van der Waals surface area (Å²) in [6.45, 7) is 0. The van der Waals surface area contributed by atoms with E-state index in [1.54, 1.807) is 0 Å². The van der Waals surface area contributed by atoms with Crippen LogP contribution in [0, 0.1) is 0 Å². The second-order valence-corrected chi connectivity index (χ2v) is 20.1. The van der Waals surface area contributed by atoms with E-state index >= 15 is 0 Å². The first-order chi connectivity index (χ1) is 33.7. The normalized spacial score (nSPS) is 14.5. The van der Waals surface area contributed by atoms with Crippen LogP contribution in [0.3, 0.4) is 0 Å². The molecule has 0 aliphatic heterocycles. The zero-order valence-electron chi connectivity index (χ0n) is 36.6. The van der Waals surface area contributed by atoms with Crippen LogP contribution in [0.2, 0.25) is 0 Å². The summed E-state index contributed by atoms with van der Waals surface area (Å²) in [7, 11) is 0. The Balaban J connectivity index is 1.01. The highest BCUT2D eigenvalue weighted by molar-refractivity contribution is 7.25. The number of rotatable bonds is 6. The van der Waals surface area contributed by atoms with E-state index in [-0.39, 0.29) is 0 Å². The Labute approximate surface area is 400 Å². The van der Waals surface area contributed by atoms with Gasteiger partial charge in [0.1, 0.15) is 5.58 Å². The summed E-state index contributed by atoms with van der Waals surface area (Å²) in [6, 6.07) is 84.9. The zero-order valence-corrected chi connectivity index (χ0v) is 38.2. The highest BCUT2D eigenvalue weighted by atomic mass is 32.1. The maximum absolute atomic E-state index is 6.78. The number of hydrogen-bond donors (Lipinski definition) is 0. The molecule has 3 heterocycles. The molecule has 3 aromatic heterocycles. The molecular weight excluding hydrogens is 865 g/mol. The number of hydrogen-bond acceptors (Lipinski definition) is 5. The lowest BCUT2D eigenvalue weighted by Crippen LogP contribution is -2.25. The molecule has 0 N–H and O–H groups in total. The molecular formula is C63H38N2OS2. The van der Waals surface area contributed by atoms with Crippen LogP contribution >= 0.6 is 22.7 Å². The van der Waals surface area contributed by atoms with E-state index in [2.05, 4.69) is 234 Å². The van der Waals surface area contributed by atoms with Crippen molar-refractivity contribution in [2.45, 2.75) is 5.41 Å². The average molecular weight is 903 g/mol. The molecule has 2 aliphatic rings. The van der Waals surface area contributed by atoms with Gasteiger partial charge in [-0.1, -0.05) is 140 Å². The number of anilines is 6. The van der Waals surface area contributed by atoms with Crippen molar-refractivity contribution in [1.29, 1.82) is 0 Å². The highest BCUT2D eigenvalue weighted by Gasteiger charge is 2.54. The monoisotopic (exact) mass is 902 g/mol. The van der Waals surface area contributed by atoms with Crippen molar-refractivity contribution in [3.05, 3.63) is 252 Å². The Morgan fingerprint density at radius 2 is 0.897 bits per heavy atom. The molecule has 68 heavy (non-hydrogen) atoms. The smallest absolute Gasteiger partial charge is 0.159 e. The molecule has 0 fully saturated rings. The van der Waals surface area contributed by atoms with Gasteiger partial charge in [0.05, 0.1) is 11.1 Å². The highest BCUT2D eigenvalue weighted by Crippen LogP contribution is 2.67. The van der Waals surface area contributed by atoms with Crippen LogP contribution in [0.5, 0.6) is 0 Å². The fourth-order valence-corrected chi connectivity index (χ4v) is 14.2. The predicted octanol–water partition coefficient (Wildman–Crippen LogP) is 18.5. The summed E-state index contributed by atoms with van der Waals surface area (Å²) in [5.41, 5.74) is 16.7. The van der Waals surface area contributed by atoms with E-state index in [0.29, 0.717) is 0 Å². The van der Waals surface area contributed by atoms with Crippen LogP contribution in [-0.4, -0.2) is 0 Å². The molecule has 1 atom stereocenters. The summed E-state index contributed by atoms with van der Waals surface area (Å²) < 4.78 is 10.7. The first-order valence-corrected chi connectivity index (χ1v) is 24.8. The van der Waals surface area contributed by atoms with Gasteiger partial charge in [-0.15, -0.1) is 22.7 Å². The lowest BCUT2D eigenvalue weighted by atomic mass is 9.73. The minimum Gasteiger partial charge on any atom is -0.454 e. The molecule has 0 amide bonds. The third kappa shape index (κ3) is 5.23. The van der Waals surface area contributed by atoms with Crippen LogP contribution in [-0.2, 0) is 5.41 Å². The van der Waals surface area contributed by atoms with E-state index in [1.165, 1.54) is 74.1 Å². The second-order valence-electron chi connectivity index (χ2n) is 17.9. The van der Waals surface area contributed by atoms with Gasteiger partial charge in [0.2, 0.25) is 0 Å². The number of thiophene rings is 2. The molecule has 0 radical (unpaired) electrons. The van der Waals surface area contributed by atoms with Gasteiger partial charge in [0.15, 0.2) is 5.58 Å². The van der Waals surface area contributed by atoms with Crippen molar-refractivity contribution in [1.82, 2.24) is 0 Å². The fraction of sp³-hybridized carbons (Fsp3) is 0.0159. The molecule has 15 rings (SSSR count). The minimum atomic E-state index is -0.601. The van der Waals surface area contributed by atoms with Crippen LogP contribution in [0.25, 0.3) is 74.5 Å². The van der Waals surface area contributed by atoms with E-state index in [9.17, 15) is 0 Å². The standard InChI is InChI=1S/C63H38N2OS2/c1-3-16-39(17-4-1)64(41-32-35-59-51(36-41)47-22-9-13-28-57(47)67-59)42-30-33-45-44-20-7-11-25-52(44)63(53(45)37-42)54-38-43(31-34-49(54)60-50-23-10-14-29-58(50)68-62(60)63)65(40-18-5-2-6-19-40)55-26-15-24-48-46-21-8-12-27-56(46)66-61(48)55/h1-38H. The van der Waals surface area contributed by atoms with Crippen LogP contribution in [0.1, 0.15) is 21.6 Å². The number of nitrogens with zero attached hydrogens (tertiary/aromatic N) is 2. The predicted molar refractivity (Wildman–Crippen MR) is 288 cm³/mol. The van der Waals surface area contributed by atoms with Gasteiger partial charge in [-0.25, -0.2) is 0 Å². The third-order valence-corrected chi connectivity index (χ3v) is 16.9. The molecule has 0 saturated heterocycles. The van der Waals surface area contributed by atoms with Gasteiger partial charge in [0, 0.05) is 79.9 Å². The Morgan fingerprint density at radius 1 is 0.338 bits per heavy atom. The van der Waals surface area contributed by atoms with Gasteiger partial charge in [-0.2, -0.15) is 0 Å². The van der Waals surface area contributed by atoms with Crippen molar-refractivity contribution < 1.29 is 4.42 Å². The fourth-order valence-electron chi connectivity index (χ4n) is 11.6. The molecule has 10 aromatic carbocycles. The van der Waals surface area contributed by atoms with Crippen molar-refractivity contribution in [2.75, 3.05) is 9.80 Å². The molecule has 0 saturated carbocycles. The van der Waals surface area contributed by atoms with E-state index in [0.717, 1.165) is 56.1 Å². The summed E-state index contributed by atoms with van der Waals surface area (Å²) >= 11 is 3.81. The summed E-state index contributed by atoms with van der Waals surface area (Å²) in [6.07, 6.45) is 0. The first-order valence-electron chi connectivity index (χ1n) is 23.2. The van der Waals surface area contributed by atoms with E-state index in [1.807, 2.05) is 28.7 Å². The van der Waals surface area contributed by atoms with Gasteiger partial charge in [0.25, 0.3) is 0 Å². The van der Waals surface area contributed by atoms with E-state index < -0.39 is 5.41 Å².